The highest BCUT2D eigenvalue weighted by atomic mass is 35.5. The highest BCUT2D eigenvalue weighted by Gasteiger charge is 2.41. The van der Waals surface area contributed by atoms with E-state index in [9.17, 15) is 30.7 Å². The van der Waals surface area contributed by atoms with E-state index in [1.54, 1.807) is 0 Å². The Morgan fingerprint density at radius 2 is 1.53 bits per heavy atom. The van der Waals surface area contributed by atoms with Crippen LogP contribution in [0.3, 0.4) is 0 Å². The van der Waals surface area contributed by atoms with Crippen molar-refractivity contribution in [3.63, 3.8) is 0 Å². The molecule has 0 spiro atoms. The lowest BCUT2D eigenvalue weighted by Crippen LogP contribution is -2.29. The Bertz CT molecular complexity index is 455. The summed E-state index contributed by atoms with van der Waals surface area (Å²) in [6.45, 7) is 0. The molecule has 0 fully saturated rings. The van der Waals surface area contributed by atoms with Gasteiger partial charge in [0, 0.05) is 5.56 Å². The summed E-state index contributed by atoms with van der Waals surface area (Å²) in [5.74, 6) is -1.62. The number of hydrogen-bond acceptors (Lipinski definition) is 1. The van der Waals surface area contributed by atoms with Crippen molar-refractivity contribution in [1.82, 2.24) is 0 Å². The molecule has 10 heteroatoms. The maximum absolute atomic E-state index is 13.3. The van der Waals surface area contributed by atoms with Crippen LogP contribution in [0.1, 0.15) is 17.2 Å². The molecule has 0 unspecified atom stereocenters. The van der Waals surface area contributed by atoms with Crippen molar-refractivity contribution in [1.29, 1.82) is 0 Å². The average molecular weight is 332 g/mol. The van der Waals surface area contributed by atoms with Gasteiger partial charge in [0.1, 0.15) is 11.9 Å². The summed E-state index contributed by atoms with van der Waals surface area (Å²) >= 11 is 5.12. The van der Waals surface area contributed by atoms with Crippen molar-refractivity contribution in [2.24, 2.45) is 5.73 Å². The van der Waals surface area contributed by atoms with Crippen LogP contribution < -0.4 is 5.73 Å². The number of nitrogens with two attached hydrogens (primary N) is 1. The Morgan fingerprint density at radius 1 is 1.05 bits per heavy atom. The zero-order valence-electron chi connectivity index (χ0n) is 8.74. The second-order valence-electron chi connectivity index (χ2n) is 3.38. The van der Waals surface area contributed by atoms with E-state index in [2.05, 4.69) is 5.73 Å². The molecule has 0 aliphatic rings. The summed E-state index contributed by atoms with van der Waals surface area (Å²) in [4.78, 5) is 0. The molecule has 0 amide bonds. The van der Waals surface area contributed by atoms with Gasteiger partial charge in [0.05, 0.1) is 10.6 Å². The molecule has 0 aliphatic heterocycles. The topological polar surface area (TPSA) is 26.0 Å². The van der Waals surface area contributed by atoms with Gasteiger partial charge in [-0.25, -0.2) is 4.39 Å². The first kappa shape index (κ1) is 18.3. The molecular weight excluding hydrogens is 326 g/mol. The highest BCUT2D eigenvalue weighted by molar-refractivity contribution is 6.30. The number of benzene rings is 1. The van der Waals surface area contributed by atoms with Gasteiger partial charge in [0.2, 0.25) is 0 Å². The molecule has 0 saturated carbocycles. The molecule has 1 aromatic rings. The predicted molar refractivity (Wildman–Crippen MR) is 56.6 cm³/mol. The maximum Gasteiger partial charge on any atom is 0.416 e. The largest absolute Gasteiger partial charge is 0.416 e. The van der Waals surface area contributed by atoms with E-state index in [0.717, 1.165) is 0 Å². The fourth-order valence-corrected chi connectivity index (χ4v) is 1.40. The molecule has 0 aliphatic carbocycles. The van der Waals surface area contributed by atoms with Crippen molar-refractivity contribution in [3.8, 4) is 0 Å². The van der Waals surface area contributed by atoms with E-state index >= 15 is 0 Å². The molecule has 0 bridgehead atoms. The summed E-state index contributed by atoms with van der Waals surface area (Å²) in [6, 6.07) is -2.68. The van der Waals surface area contributed by atoms with Crippen LogP contribution in [0.25, 0.3) is 0 Å². The molecule has 1 atom stereocenters. The molecule has 110 valence electrons. The molecule has 0 aromatic heterocycles. The summed E-state index contributed by atoms with van der Waals surface area (Å²) < 4.78 is 87.1. The fraction of sp³-hybridized carbons (Fsp3) is 0.333. The molecule has 19 heavy (non-hydrogen) atoms. The van der Waals surface area contributed by atoms with Crippen molar-refractivity contribution in [2.75, 3.05) is 0 Å². The van der Waals surface area contributed by atoms with Gasteiger partial charge in [-0.1, -0.05) is 11.6 Å². The van der Waals surface area contributed by atoms with Crippen molar-refractivity contribution >= 4 is 24.0 Å². The molecular formula is C9H6Cl2F7N. The van der Waals surface area contributed by atoms with Crippen LogP contribution >= 0.6 is 24.0 Å². The number of alkyl halides is 6. The van der Waals surface area contributed by atoms with Crippen LogP contribution in [0.2, 0.25) is 5.02 Å². The van der Waals surface area contributed by atoms with Crippen molar-refractivity contribution < 1.29 is 30.7 Å². The van der Waals surface area contributed by atoms with Gasteiger partial charge in [-0.15, -0.1) is 12.4 Å². The summed E-state index contributed by atoms with van der Waals surface area (Å²) in [6.07, 6.45) is -10.0. The quantitative estimate of drug-likeness (QED) is 0.754. The summed E-state index contributed by atoms with van der Waals surface area (Å²) in [7, 11) is 0. The van der Waals surface area contributed by atoms with Gasteiger partial charge in [-0.05, 0) is 12.1 Å². The minimum absolute atomic E-state index is 0. The Balaban J connectivity index is 0.00000324. The van der Waals surface area contributed by atoms with Gasteiger partial charge >= 0.3 is 12.4 Å². The lowest BCUT2D eigenvalue weighted by atomic mass is 10.0. The molecule has 0 radical (unpaired) electrons. The van der Waals surface area contributed by atoms with E-state index in [-0.39, 0.29) is 24.5 Å². The first-order valence-electron chi connectivity index (χ1n) is 4.33. The minimum Gasteiger partial charge on any atom is -0.316 e. The van der Waals surface area contributed by atoms with Crippen LogP contribution in [-0.2, 0) is 6.18 Å². The second kappa shape index (κ2) is 5.72. The predicted octanol–water partition coefficient (Wildman–Crippen LogP) is 4.48. The van der Waals surface area contributed by atoms with Gasteiger partial charge in [-0.3, -0.25) is 0 Å². The molecule has 0 heterocycles. The molecule has 1 nitrogen and oxygen atoms in total. The first-order valence-corrected chi connectivity index (χ1v) is 4.71. The Labute approximate surface area is 113 Å². The minimum atomic E-state index is -5.08. The number of halogens is 9. The van der Waals surface area contributed by atoms with Gasteiger partial charge in [0.15, 0.2) is 0 Å². The summed E-state index contributed by atoms with van der Waals surface area (Å²) in [5, 5.41) is -1.07. The van der Waals surface area contributed by atoms with E-state index in [1.165, 1.54) is 0 Å². The standard InChI is InChI=1S/C9H5ClF7N.ClH/c10-5-2-3(8(12,13)14)1-4(6(5)11)7(18)9(15,16)17;/h1-2,7H,18H2;1H/t7-;/m1./s1. The van der Waals surface area contributed by atoms with Crippen LogP contribution in [0, 0.1) is 5.82 Å². The average Bonchev–Trinajstić information content (AvgIpc) is 2.17. The van der Waals surface area contributed by atoms with E-state index < -0.39 is 40.4 Å². The molecule has 1 rings (SSSR count). The van der Waals surface area contributed by atoms with E-state index in [4.69, 9.17) is 11.6 Å². The fourth-order valence-electron chi connectivity index (χ4n) is 1.18. The van der Waals surface area contributed by atoms with Crippen LogP contribution in [0.15, 0.2) is 12.1 Å². The third-order valence-corrected chi connectivity index (χ3v) is 2.35. The highest BCUT2D eigenvalue weighted by Crippen LogP contribution is 2.38. The van der Waals surface area contributed by atoms with Gasteiger partial charge in [-0.2, -0.15) is 26.3 Å². The van der Waals surface area contributed by atoms with Gasteiger partial charge < -0.3 is 5.73 Å². The second-order valence-corrected chi connectivity index (χ2v) is 3.79. The SMILES string of the molecule is Cl.N[C@H](c1cc(C(F)(F)F)cc(Cl)c1F)C(F)(F)F. The maximum atomic E-state index is 13.3. The van der Waals surface area contributed by atoms with Crippen LogP contribution in [-0.4, -0.2) is 6.18 Å². The van der Waals surface area contributed by atoms with Crippen molar-refractivity contribution in [3.05, 3.63) is 34.1 Å². The van der Waals surface area contributed by atoms with E-state index in [1.807, 2.05) is 0 Å². The zero-order valence-corrected chi connectivity index (χ0v) is 10.3. The van der Waals surface area contributed by atoms with Crippen LogP contribution in [0.5, 0.6) is 0 Å². The molecule has 0 saturated heterocycles. The van der Waals surface area contributed by atoms with Crippen LogP contribution in [0.4, 0.5) is 30.7 Å². The smallest absolute Gasteiger partial charge is 0.316 e. The third-order valence-electron chi connectivity index (χ3n) is 2.07. The molecule has 1 aromatic carbocycles. The Kier molecular flexibility index (Phi) is 5.50. The lowest BCUT2D eigenvalue weighted by molar-refractivity contribution is -0.150. The Morgan fingerprint density at radius 3 is 1.89 bits per heavy atom. The first-order chi connectivity index (χ1) is 7.94. The Hall–Kier alpha value is -0.730. The van der Waals surface area contributed by atoms with E-state index in [0.29, 0.717) is 0 Å². The van der Waals surface area contributed by atoms with Gasteiger partial charge in [0.25, 0.3) is 0 Å². The third kappa shape index (κ3) is 4.12. The summed E-state index contributed by atoms with van der Waals surface area (Å²) in [5.41, 5.74) is 1.82. The van der Waals surface area contributed by atoms with Crippen molar-refractivity contribution in [2.45, 2.75) is 18.4 Å². The lowest BCUT2D eigenvalue weighted by Gasteiger charge is -2.18. The normalized spacial score (nSPS) is 13.9. The molecule has 2 N–H and O–H groups in total. The monoisotopic (exact) mass is 331 g/mol. The zero-order chi connectivity index (χ0) is 14.3. The number of hydrogen-bond donors (Lipinski definition) is 1. The number of rotatable bonds is 1.